The maximum Gasteiger partial charge on any atom is 0.416 e. The third-order valence-electron chi connectivity index (χ3n) is 6.13. The Morgan fingerprint density at radius 2 is 1.90 bits per heavy atom. The van der Waals surface area contributed by atoms with Crippen molar-refractivity contribution in [3.05, 3.63) is 46.1 Å². The molecule has 0 atom stereocenters. The molecule has 164 valence electrons. The smallest absolute Gasteiger partial charge is 0.381 e. The molecule has 0 radical (unpaired) electrons. The van der Waals surface area contributed by atoms with E-state index in [0.717, 1.165) is 79.9 Å². The molecule has 2 aromatic heterocycles. The van der Waals surface area contributed by atoms with Crippen molar-refractivity contribution in [2.75, 3.05) is 18.5 Å². The van der Waals surface area contributed by atoms with E-state index in [-0.39, 0.29) is 0 Å². The molecular weight excluding hydrogens is 423 g/mol. The molecule has 0 saturated carbocycles. The van der Waals surface area contributed by atoms with E-state index in [0.29, 0.717) is 17.4 Å². The number of aromatic nitrogens is 2. The molecular formula is C23H24F3N3OS. The highest BCUT2D eigenvalue weighted by atomic mass is 32.1. The van der Waals surface area contributed by atoms with Crippen molar-refractivity contribution in [3.63, 3.8) is 0 Å². The molecule has 1 N–H and O–H groups in total. The summed E-state index contributed by atoms with van der Waals surface area (Å²) in [6.07, 6.45) is 2.64. The van der Waals surface area contributed by atoms with Gasteiger partial charge in [-0.25, -0.2) is 9.97 Å². The fraction of sp³-hybridized carbons (Fsp3) is 0.478. The number of aryl methyl sites for hydroxylation is 2. The number of benzene rings is 1. The molecule has 1 aliphatic carbocycles. The van der Waals surface area contributed by atoms with Crippen LogP contribution in [0.1, 0.15) is 47.5 Å². The van der Waals surface area contributed by atoms with E-state index in [1.165, 1.54) is 22.9 Å². The third kappa shape index (κ3) is 4.41. The molecule has 5 rings (SSSR count). The Morgan fingerprint density at radius 3 is 2.71 bits per heavy atom. The molecule has 8 heteroatoms. The van der Waals surface area contributed by atoms with Crippen LogP contribution in [0.5, 0.6) is 0 Å². The number of anilines is 2. The molecule has 0 bridgehead atoms. The first kappa shape index (κ1) is 20.7. The zero-order chi connectivity index (χ0) is 21.4. The Balaban J connectivity index is 1.55. The number of nitrogens with zero attached hydrogens (tertiary/aromatic N) is 2. The van der Waals surface area contributed by atoms with E-state index in [1.54, 1.807) is 17.4 Å². The van der Waals surface area contributed by atoms with Crippen molar-refractivity contribution in [3.8, 4) is 0 Å². The van der Waals surface area contributed by atoms with Gasteiger partial charge in [0.1, 0.15) is 16.5 Å². The summed E-state index contributed by atoms with van der Waals surface area (Å²) in [6.45, 7) is 1.52. The summed E-state index contributed by atoms with van der Waals surface area (Å²) in [6, 6.07) is 5.31. The second kappa shape index (κ2) is 8.39. The van der Waals surface area contributed by atoms with Crippen LogP contribution >= 0.6 is 11.3 Å². The molecule has 0 amide bonds. The van der Waals surface area contributed by atoms with Gasteiger partial charge in [-0.2, -0.15) is 13.2 Å². The minimum absolute atomic E-state index is 0.391. The zero-order valence-corrected chi connectivity index (χ0v) is 17.9. The lowest BCUT2D eigenvalue weighted by atomic mass is 9.95. The molecule has 4 nitrogen and oxygen atoms in total. The second-order valence-electron chi connectivity index (χ2n) is 8.34. The van der Waals surface area contributed by atoms with Crippen LogP contribution in [0.3, 0.4) is 0 Å². The molecule has 1 aromatic carbocycles. The highest BCUT2D eigenvalue weighted by molar-refractivity contribution is 7.19. The summed E-state index contributed by atoms with van der Waals surface area (Å²) in [5, 5.41) is 4.18. The summed E-state index contributed by atoms with van der Waals surface area (Å²) in [4.78, 5) is 12.0. The monoisotopic (exact) mass is 447 g/mol. The van der Waals surface area contributed by atoms with Crippen molar-refractivity contribution in [1.82, 2.24) is 9.97 Å². The van der Waals surface area contributed by atoms with E-state index in [1.807, 2.05) is 0 Å². The summed E-state index contributed by atoms with van der Waals surface area (Å²) < 4.78 is 45.1. The highest BCUT2D eigenvalue weighted by Gasteiger charge is 2.30. The van der Waals surface area contributed by atoms with Crippen LogP contribution < -0.4 is 5.32 Å². The summed E-state index contributed by atoms with van der Waals surface area (Å²) >= 11 is 1.71. The molecule has 31 heavy (non-hydrogen) atoms. The maximum atomic E-state index is 13.2. The van der Waals surface area contributed by atoms with Crippen LogP contribution in [0.25, 0.3) is 10.2 Å². The van der Waals surface area contributed by atoms with Gasteiger partial charge in [0.25, 0.3) is 0 Å². The first-order chi connectivity index (χ1) is 15.0. The van der Waals surface area contributed by atoms with E-state index in [9.17, 15) is 13.2 Å². The standard InChI is InChI=1S/C23H24F3N3OS/c24-23(25,26)15-4-3-5-16(13-15)27-21-20-17-6-1-2-7-18(17)31-22(20)29-19(28-21)12-14-8-10-30-11-9-14/h3-5,13-14H,1-2,6-12H2,(H,27,28,29). The zero-order valence-electron chi connectivity index (χ0n) is 17.1. The molecule has 0 unspecified atom stereocenters. The Hall–Kier alpha value is -2.19. The number of alkyl halides is 3. The van der Waals surface area contributed by atoms with Gasteiger partial charge in [-0.3, -0.25) is 0 Å². The maximum absolute atomic E-state index is 13.2. The van der Waals surface area contributed by atoms with Gasteiger partial charge in [-0.05, 0) is 68.2 Å². The van der Waals surface area contributed by atoms with E-state index < -0.39 is 11.7 Å². The average molecular weight is 448 g/mol. The van der Waals surface area contributed by atoms with E-state index in [2.05, 4.69) is 5.32 Å². The third-order valence-corrected chi connectivity index (χ3v) is 7.31. The van der Waals surface area contributed by atoms with Crippen molar-refractivity contribution < 1.29 is 17.9 Å². The van der Waals surface area contributed by atoms with Crippen LogP contribution in [0, 0.1) is 5.92 Å². The van der Waals surface area contributed by atoms with Crippen LogP contribution in [-0.4, -0.2) is 23.2 Å². The first-order valence-corrected chi connectivity index (χ1v) is 11.6. The predicted octanol–water partition coefficient (Wildman–Crippen LogP) is 6.30. The van der Waals surface area contributed by atoms with Crippen LogP contribution in [-0.2, 0) is 30.2 Å². The molecule has 0 spiro atoms. The Kier molecular flexibility index (Phi) is 5.60. The number of nitrogens with one attached hydrogen (secondary N) is 1. The number of halogens is 3. The molecule has 3 aromatic rings. The van der Waals surface area contributed by atoms with Crippen molar-refractivity contribution in [2.45, 2.75) is 51.1 Å². The van der Waals surface area contributed by atoms with Gasteiger partial charge < -0.3 is 10.1 Å². The van der Waals surface area contributed by atoms with E-state index >= 15 is 0 Å². The van der Waals surface area contributed by atoms with Gasteiger partial charge in [0.15, 0.2) is 0 Å². The number of hydrogen-bond donors (Lipinski definition) is 1. The summed E-state index contributed by atoms with van der Waals surface area (Å²) in [5.41, 5.74) is 0.985. The van der Waals surface area contributed by atoms with Crippen LogP contribution in [0.2, 0.25) is 0 Å². The van der Waals surface area contributed by atoms with Gasteiger partial charge in [0, 0.05) is 30.2 Å². The van der Waals surface area contributed by atoms with Crippen molar-refractivity contribution in [1.29, 1.82) is 0 Å². The van der Waals surface area contributed by atoms with Gasteiger partial charge in [0.2, 0.25) is 0 Å². The van der Waals surface area contributed by atoms with Gasteiger partial charge in [-0.1, -0.05) is 6.07 Å². The highest BCUT2D eigenvalue weighted by Crippen LogP contribution is 2.40. The van der Waals surface area contributed by atoms with Crippen molar-refractivity contribution in [2.24, 2.45) is 5.92 Å². The molecule has 3 heterocycles. The Bertz CT molecular complexity index is 1090. The lowest BCUT2D eigenvalue weighted by molar-refractivity contribution is -0.137. The largest absolute Gasteiger partial charge is 0.416 e. The number of fused-ring (bicyclic) bond motifs is 3. The lowest BCUT2D eigenvalue weighted by Gasteiger charge is -2.21. The fourth-order valence-electron chi connectivity index (χ4n) is 4.50. The Morgan fingerprint density at radius 1 is 1.10 bits per heavy atom. The molecule has 2 aliphatic rings. The molecule has 1 saturated heterocycles. The molecule has 1 fully saturated rings. The lowest BCUT2D eigenvalue weighted by Crippen LogP contribution is -2.18. The normalized spacial score (nSPS) is 17.6. The first-order valence-electron chi connectivity index (χ1n) is 10.8. The average Bonchev–Trinajstić information content (AvgIpc) is 3.13. The summed E-state index contributed by atoms with van der Waals surface area (Å²) in [5.74, 6) is 1.86. The van der Waals surface area contributed by atoms with Gasteiger partial charge >= 0.3 is 6.18 Å². The fourth-order valence-corrected chi connectivity index (χ4v) is 5.78. The van der Waals surface area contributed by atoms with Gasteiger partial charge in [-0.15, -0.1) is 11.3 Å². The second-order valence-corrected chi connectivity index (χ2v) is 9.43. The van der Waals surface area contributed by atoms with E-state index in [4.69, 9.17) is 14.7 Å². The SMILES string of the molecule is FC(F)(F)c1cccc(Nc2nc(CC3CCOCC3)nc3sc4c(c23)CCCC4)c1. The number of ether oxygens (including phenoxy) is 1. The topological polar surface area (TPSA) is 47.0 Å². The van der Waals surface area contributed by atoms with Crippen molar-refractivity contribution >= 4 is 33.1 Å². The number of thiophene rings is 1. The Labute approximate surface area is 182 Å². The van der Waals surface area contributed by atoms with Gasteiger partial charge in [0.05, 0.1) is 10.9 Å². The minimum atomic E-state index is -4.38. The predicted molar refractivity (Wildman–Crippen MR) is 116 cm³/mol. The number of rotatable bonds is 4. The van der Waals surface area contributed by atoms with Crippen LogP contribution in [0.15, 0.2) is 24.3 Å². The molecule has 1 aliphatic heterocycles. The quantitative estimate of drug-likeness (QED) is 0.510. The summed E-state index contributed by atoms with van der Waals surface area (Å²) in [7, 11) is 0. The van der Waals surface area contributed by atoms with Crippen LogP contribution in [0.4, 0.5) is 24.7 Å². The number of hydrogen-bond acceptors (Lipinski definition) is 5. The minimum Gasteiger partial charge on any atom is -0.381 e.